The van der Waals surface area contributed by atoms with Crippen molar-refractivity contribution in [1.29, 1.82) is 0 Å². The van der Waals surface area contributed by atoms with E-state index in [0.717, 1.165) is 18.9 Å². The average Bonchev–Trinajstić information content (AvgIpc) is 2.41. The second kappa shape index (κ2) is 5.79. The zero-order valence-corrected chi connectivity index (χ0v) is 10.2. The van der Waals surface area contributed by atoms with Crippen molar-refractivity contribution >= 4 is 11.8 Å². The van der Waals surface area contributed by atoms with Crippen molar-refractivity contribution in [1.82, 2.24) is 4.98 Å². The Labute approximate surface area is 105 Å². The number of hydrogen-bond acceptors (Lipinski definition) is 5. The van der Waals surface area contributed by atoms with Gasteiger partial charge in [0, 0.05) is 32.0 Å². The lowest BCUT2D eigenvalue weighted by Crippen LogP contribution is -2.36. The van der Waals surface area contributed by atoms with E-state index in [9.17, 15) is 4.79 Å². The predicted octanol–water partition coefficient (Wildman–Crippen LogP) is 0.690. The van der Waals surface area contributed by atoms with Gasteiger partial charge in [0.15, 0.2) is 6.10 Å². The van der Waals surface area contributed by atoms with Crippen molar-refractivity contribution in [3.05, 3.63) is 23.9 Å². The molecule has 6 heteroatoms. The van der Waals surface area contributed by atoms with E-state index in [4.69, 9.17) is 14.6 Å². The predicted molar refractivity (Wildman–Crippen MR) is 64.7 cm³/mol. The standard InChI is InChI=1S/C12H16N2O4/c1-17-11(12(15)16)9-2-3-10(13-8-9)14-4-6-18-7-5-14/h2-3,8,11H,4-7H2,1H3,(H,15,16). The zero-order chi connectivity index (χ0) is 13.0. The molecule has 1 unspecified atom stereocenters. The summed E-state index contributed by atoms with van der Waals surface area (Å²) in [4.78, 5) is 17.3. The Hall–Kier alpha value is -1.66. The molecular formula is C12H16N2O4. The van der Waals surface area contributed by atoms with E-state index >= 15 is 0 Å². The highest BCUT2D eigenvalue weighted by Gasteiger charge is 2.20. The third kappa shape index (κ3) is 2.77. The molecule has 1 aromatic heterocycles. The fraction of sp³-hybridized carbons (Fsp3) is 0.500. The smallest absolute Gasteiger partial charge is 0.337 e. The third-order valence-electron chi connectivity index (χ3n) is 2.87. The van der Waals surface area contributed by atoms with Gasteiger partial charge in [0.05, 0.1) is 13.2 Å². The number of pyridine rings is 1. The summed E-state index contributed by atoms with van der Waals surface area (Å²) in [5, 5.41) is 8.96. The summed E-state index contributed by atoms with van der Waals surface area (Å²) >= 11 is 0. The van der Waals surface area contributed by atoms with E-state index in [1.165, 1.54) is 7.11 Å². The largest absolute Gasteiger partial charge is 0.479 e. The summed E-state index contributed by atoms with van der Waals surface area (Å²) in [5.41, 5.74) is 0.544. The van der Waals surface area contributed by atoms with Crippen LogP contribution in [0.2, 0.25) is 0 Å². The molecule has 2 heterocycles. The minimum absolute atomic E-state index is 0.544. The molecule has 0 saturated carbocycles. The van der Waals surface area contributed by atoms with Gasteiger partial charge in [-0.3, -0.25) is 0 Å². The molecule has 1 saturated heterocycles. The summed E-state index contributed by atoms with van der Waals surface area (Å²) in [5.74, 6) is -0.180. The topological polar surface area (TPSA) is 71.9 Å². The Morgan fingerprint density at radius 3 is 2.72 bits per heavy atom. The quantitative estimate of drug-likeness (QED) is 0.850. The Kier molecular flexibility index (Phi) is 4.11. The Balaban J connectivity index is 2.11. The molecule has 1 aliphatic rings. The Bertz CT molecular complexity index is 401. The first-order valence-electron chi connectivity index (χ1n) is 5.76. The molecule has 18 heavy (non-hydrogen) atoms. The van der Waals surface area contributed by atoms with Gasteiger partial charge >= 0.3 is 5.97 Å². The van der Waals surface area contributed by atoms with Crippen LogP contribution in [0.4, 0.5) is 5.82 Å². The molecule has 0 aliphatic carbocycles. The molecule has 0 spiro atoms. The second-order valence-corrected chi connectivity index (χ2v) is 4.00. The van der Waals surface area contributed by atoms with Crippen molar-refractivity contribution in [2.75, 3.05) is 38.3 Å². The Morgan fingerprint density at radius 2 is 2.22 bits per heavy atom. The number of carboxylic acid groups (broad SMARTS) is 1. The molecule has 1 aliphatic heterocycles. The van der Waals surface area contributed by atoms with Gasteiger partial charge in [-0.25, -0.2) is 9.78 Å². The highest BCUT2D eigenvalue weighted by Crippen LogP contribution is 2.19. The number of carboxylic acids is 1. The van der Waals surface area contributed by atoms with E-state index in [-0.39, 0.29) is 0 Å². The van der Waals surface area contributed by atoms with Gasteiger partial charge in [0.25, 0.3) is 0 Å². The normalized spacial score (nSPS) is 17.5. The van der Waals surface area contributed by atoms with Crippen LogP contribution in [0, 0.1) is 0 Å². The number of ether oxygens (including phenoxy) is 2. The van der Waals surface area contributed by atoms with Crippen molar-refractivity contribution in [3.8, 4) is 0 Å². The molecule has 98 valence electrons. The number of methoxy groups -OCH3 is 1. The molecule has 6 nitrogen and oxygen atoms in total. The molecule has 0 bridgehead atoms. The first-order valence-corrected chi connectivity index (χ1v) is 5.76. The van der Waals surface area contributed by atoms with Gasteiger partial charge in [-0.1, -0.05) is 6.07 Å². The van der Waals surface area contributed by atoms with E-state index in [2.05, 4.69) is 9.88 Å². The summed E-state index contributed by atoms with van der Waals surface area (Å²) in [6, 6.07) is 3.55. The summed E-state index contributed by atoms with van der Waals surface area (Å²) in [6.07, 6.45) is 0.587. The summed E-state index contributed by atoms with van der Waals surface area (Å²) in [6.45, 7) is 3.00. The van der Waals surface area contributed by atoms with Crippen molar-refractivity contribution in [2.24, 2.45) is 0 Å². The van der Waals surface area contributed by atoms with E-state index in [1.807, 2.05) is 6.07 Å². The molecule has 2 rings (SSSR count). The molecule has 1 fully saturated rings. The van der Waals surface area contributed by atoms with Crippen LogP contribution in [-0.2, 0) is 14.3 Å². The molecule has 1 aromatic rings. The van der Waals surface area contributed by atoms with Crippen molar-refractivity contribution in [2.45, 2.75) is 6.10 Å². The van der Waals surface area contributed by atoms with Crippen LogP contribution >= 0.6 is 0 Å². The maximum absolute atomic E-state index is 10.9. The SMILES string of the molecule is COC(C(=O)O)c1ccc(N2CCOCC2)nc1. The van der Waals surface area contributed by atoms with Gasteiger partial charge in [-0.05, 0) is 6.07 Å². The van der Waals surface area contributed by atoms with Crippen LogP contribution in [0.5, 0.6) is 0 Å². The number of aromatic nitrogens is 1. The zero-order valence-electron chi connectivity index (χ0n) is 10.2. The number of morpholine rings is 1. The van der Waals surface area contributed by atoms with Crippen LogP contribution in [-0.4, -0.2) is 49.5 Å². The van der Waals surface area contributed by atoms with Crippen LogP contribution in [0.1, 0.15) is 11.7 Å². The first kappa shape index (κ1) is 12.8. The van der Waals surface area contributed by atoms with Gasteiger partial charge < -0.3 is 19.5 Å². The number of aliphatic carboxylic acids is 1. The maximum Gasteiger partial charge on any atom is 0.337 e. The lowest BCUT2D eigenvalue weighted by atomic mass is 10.1. The fourth-order valence-electron chi connectivity index (χ4n) is 1.91. The molecule has 0 amide bonds. The van der Waals surface area contributed by atoms with Crippen LogP contribution in [0.25, 0.3) is 0 Å². The van der Waals surface area contributed by atoms with Gasteiger partial charge in [0.1, 0.15) is 5.82 Å². The van der Waals surface area contributed by atoms with E-state index in [1.54, 1.807) is 12.3 Å². The third-order valence-corrected chi connectivity index (χ3v) is 2.87. The van der Waals surface area contributed by atoms with Gasteiger partial charge in [-0.2, -0.15) is 0 Å². The minimum Gasteiger partial charge on any atom is -0.479 e. The van der Waals surface area contributed by atoms with Crippen molar-refractivity contribution in [3.63, 3.8) is 0 Å². The van der Waals surface area contributed by atoms with Crippen LogP contribution in [0.3, 0.4) is 0 Å². The van der Waals surface area contributed by atoms with E-state index in [0.29, 0.717) is 18.8 Å². The molecule has 0 radical (unpaired) electrons. The highest BCUT2D eigenvalue weighted by atomic mass is 16.5. The number of anilines is 1. The maximum atomic E-state index is 10.9. The highest BCUT2D eigenvalue weighted by molar-refractivity contribution is 5.74. The first-order chi connectivity index (χ1) is 8.72. The second-order valence-electron chi connectivity index (χ2n) is 4.00. The van der Waals surface area contributed by atoms with E-state index < -0.39 is 12.1 Å². The monoisotopic (exact) mass is 252 g/mol. The molecule has 1 N–H and O–H groups in total. The minimum atomic E-state index is -1.02. The lowest BCUT2D eigenvalue weighted by molar-refractivity contribution is -0.148. The number of hydrogen-bond donors (Lipinski definition) is 1. The van der Waals surface area contributed by atoms with Gasteiger partial charge in [-0.15, -0.1) is 0 Å². The number of carbonyl (C=O) groups is 1. The summed E-state index contributed by atoms with van der Waals surface area (Å²) in [7, 11) is 1.37. The van der Waals surface area contributed by atoms with Crippen LogP contribution in [0.15, 0.2) is 18.3 Å². The lowest BCUT2D eigenvalue weighted by Gasteiger charge is -2.27. The average molecular weight is 252 g/mol. The molecular weight excluding hydrogens is 236 g/mol. The fourth-order valence-corrected chi connectivity index (χ4v) is 1.91. The molecule has 1 atom stereocenters. The van der Waals surface area contributed by atoms with Crippen molar-refractivity contribution < 1.29 is 19.4 Å². The van der Waals surface area contributed by atoms with Gasteiger partial charge in [0.2, 0.25) is 0 Å². The summed E-state index contributed by atoms with van der Waals surface area (Å²) < 4.78 is 10.2. The van der Waals surface area contributed by atoms with Crippen LogP contribution < -0.4 is 4.90 Å². The number of rotatable bonds is 4. The number of nitrogens with zero attached hydrogens (tertiary/aromatic N) is 2. The molecule has 0 aromatic carbocycles. The Morgan fingerprint density at radius 1 is 1.50 bits per heavy atom.